The van der Waals surface area contributed by atoms with Crippen molar-refractivity contribution in [2.24, 2.45) is 0 Å². The number of rotatable bonds is 9. The highest BCUT2D eigenvalue weighted by Crippen LogP contribution is 2.40. The lowest BCUT2D eigenvalue weighted by Crippen LogP contribution is -2.36. The summed E-state index contributed by atoms with van der Waals surface area (Å²) in [7, 11) is 0. The minimum absolute atomic E-state index is 0.00813. The number of carbonyl (C=O) groups excluding carboxylic acids is 2. The van der Waals surface area contributed by atoms with Gasteiger partial charge in [-0.05, 0) is 61.2 Å². The fourth-order valence-electron chi connectivity index (χ4n) is 4.47. The molecule has 1 amide bonds. The summed E-state index contributed by atoms with van der Waals surface area (Å²) < 4.78 is 25.0. The Morgan fingerprint density at radius 3 is 2.50 bits per heavy atom. The second-order valence-corrected chi connectivity index (χ2v) is 8.72. The number of unbranched alkanes of at least 4 members (excludes halogenated alkanes) is 2. The SMILES string of the molecule is CCCCCOc1ccc(/C(O)=C2/C(=O)C(=O)N(CC3CCCO3)C2c2ccc(F)cc2)cc1. The van der Waals surface area contributed by atoms with Crippen molar-refractivity contribution in [1.82, 2.24) is 4.90 Å². The summed E-state index contributed by atoms with van der Waals surface area (Å²) in [6, 6.07) is 11.6. The first kappa shape index (κ1) is 24.0. The maximum atomic E-state index is 13.6. The van der Waals surface area contributed by atoms with Gasteiger partial charge in [0.05, 0.1) is 24.3 Å². The van der Waals surface area contributed by atoms with Gasteiger partial charge in [-0.25, -0.2) is 4.39 Å². The number of hydrogen-bond donors (Lipinski definition) is 1. The first-order valence-corrected chi connectivity index (χ1v) is 11.9. The molecule has 1 N–H and O–H groups in total. The van der Waals surface area contributed by atoms with Gasteiger partial charge in [-0.2, -0.15) is 0 Å². The minimum Gasteiger partial charge on any atom is -0.507 e. The number of aliphatic hydroxyl groups is 1. The Labute approximate surface area is 199 Å². The summed E-state index contributed by atoms with van der Waals surface area (Å²) in [4.78, 5) is 27.5. The van der Waals surface area contributed by atoms with E-state index in [1.54, 1.807) is 24.3 Å². The van der Waals surface area contributed by atoms with E-state index in [0.717, 1.165) is 32.1 Å². The molecule has 2 aliphatic heterocycles. The van der Waals surface area contributed by atoms with E-state index in [9.17, 15) is 19.1 Å². The first-order chi connectivity index (χ1) is 16.5. The molecule has 0 radical (unpaired) electrons. The molecule has 180 valence electrons. The van der Waals surface area contributed by atoms with Gasteiger partial charge in [-0.1, -0.05) is 31.9 Å². The number of halogens is 1. The zero-order chi connectivity index (χ0) is 24.1. The molecule has 4 rings (SSSR count). The number of benzene rings is 2. The van der Waals surface area contributed by atoms with Crippen molar-refractivity contribution >= 4 is 17.4 Å². The number of carbonyl (C=O) groups is 2. The largest absolute Gasteiger partial charge is 0.507 e. The van der Waals surface area contributed by atoms with E-state index < -0.39 is 23.5 Å². The fraction of sp³-hybridized carbons (Fsp3) is 0.407. The van der Waals surface area contributed by atoms with E-state index in [2.05, 4.69) is 6.92 Å². The van der Waals surface area contributed by atoms with Crippen LogP contribution in [0.2, 0.25) is 0 Å². The van der Waals surface area contributed by atoms with Crippen LogP contribution in [0, 0.1) is 5.82 Å². The van der Waals surface area contributed by atoms with Gasteiger partial charge in [0.1, 0.15) is 17.3 Å². The number of ether oxygens (including phenoxy) is 2. The molecule has 2 heterocycles. The molecule has 0 aliphatic carbocycles. The quantitative estimate of drug-likeness (QED) is 0.243. The van der Waals surface area contributed by atoms with Crippen LogP contribution in [0.3, 0.4) is 0 Å². The third-order valence-corrected chi connectivity index (χ3v) is 6.29. The molecular weight excluding hydrogens is 437 g/mol. The number of amides is 1. The van der Waals surface area contributed by atoms with E-state index in [-0.39, 0.29) is 24.0 Å². The van der Waals surface area contributed by atoms with Crippen LogP contribution < -0.4 is 4.74 Å². The molecule has 0 bridgehead atoms. The van der Waals surface area contributed by atoms with Crippen molar-refractivity contribution in [3.63, 3.8) is 0 Å². The van der Waals surface area contributed by atoms with Gasteiger partial charge in [0.15, 0.2) is 0 Å². The topological polar surface area (TPSA) is 76.1 Å². The van der Waals surface area contributed by atoms with Crippen molar-refractivity contribution < 1.29 is 28.6 Å². The molecule has 0 spiro atoms. The third-order valence-electron chi connectivity index (χ3n) is 6.29. The molecule has 6 nitrogen and oxygen atoms in total. The molecule has 2 aliphatic rings. The van der Waals surface area contributed by atoms with Crippen LogP contribution in [0.1, 0.15) is 56.2 Å². The van der Waals surface area contributed by atoms with Gasteiger partial charge in [0.2, 0.25) is 0 Å². The maximum Gasteiger partial charge on any atom is 0.295 e. The van der Waals surface area contributed by atoms with E-state index >= 15 is 0 Å². The average molecular weight is 468 g/mol. The van der Waals surface area contributed by atoms with Crippen molar-refractivity contribution in [2.75, 3.05) is 19.8 Å². The van der Waals surface area contributed by atoms with Crippen LogP contribution in [-0.2, 0) is 14.3 Å². The summed E-state index contributed by atoms with van der Waals surface area (Å²) in [5.74, 6) is -1.47. The molecule has 2 saturated heterocycles. The predicted octanol–water partition coefficient (Wildman–Crippen LogP) is 5.00. The number of ketones is 1. The number of hydrogen-bond acceptors (Lipinski definition) is 5. The summed E-state index contributed by atoms with van der Waals surface area (Å²) in [6.45, 7) is 3.58. The molecule has 0 aromatic heterocycles. The second-order valence-electron chi connectivity index (χ2n) is 8.72. The first-order valence-electron chi connectivity index (χ1n) is 11.9. The lowest BCUT2D eigenvalue weighted by Gasteiger charge is -2.27. The maximum absolute atomic E-state index is 13.6. The zero-order valence-corrected chi connectivity index (χ0v) is 19.3. The Morgan fingerprint density at radius 2 is 1.85 bits per heavy atom. The monoisotopic (exact) mass is 467 g/mol. The fourth-order valence-corrected chi connectivity index (χ4v) is 4.47. The van der Waals surface area contributed by atoms with Gasteiger partial charge < -0.3 is 19.5 Å². The number of likely N-dealkylation sites (tertiary alicyclic amines) is 1. The Bertz CT molecular complexity index is 1040. The standard InChI is InChI=1S/C27H30FNO5/c1-2-3-4-15-33-21-13-9-19(10-14-21)25(30)23-24(18-7-11-20(28)12-8-18)29(27(32)26(23)31)17-22-6-5-16-34-22/h7-14,22,24,30H,2-6,15-17H2,1H3/b25-23-. The number of nitrogens with zero attached hydrogens (tertiary/aromatic N) is 1. The molecule has 7 heteroatoms. The predicted molar refractivity (Wildman–Crippen MR) is 126 cm³/mol. The van der Waals surface area contributed by atoms with Crippen LogP contribution in [0.15, 0.2) is 54.1 Å². The summed E-state index contributed by atoms with van der Waals surface area (Å²) in [5, 5.41) is 11.1. The Morgan fingerprint density at radius 1 is 1.12 bits per heavy atom. The van der Waals surface area contributed by atoms with Crippen molar-refractivity contribution in [3.8, 4) is 5.75 Å². The summed E-state index contributed by atoms with van der Waals surface area (Å²) in [5.41, 5.74) is 0.949. The highest BCUT2D eigenvalue weighted by atomic mass is 19.1. The van der Waals surface area contributed by atoms with Crippen LogP contribution in [0.5, 0.6) is 5.75 Å². The van der Waals surface area contributed by atoms with E-state index in [1.165, 1.54) is 29.2 Å². The van der Waals surface area contributed by atoms with Crippen molar-refractivity contribution in [3.05, 3.63) is 71.0 Å². The highest BCUT2D eigenvalue weighted by molar-refractivity contribution is 6.46. The molecule has 34 heavy (non-hydrogen) atoms. The van der Waals surface area contributed by atoms with Gasteiger partial charge in [-0.15, -0.1) is 0 Å². The Kier molecular flexibility index (Phi) is 7.63. The summed E-state index contributed by atoms with van der Waals surface area (Å²) >= 11 is 0. The number of aliphatic hydroxyl groups excluding tert-OH is 1. The molecule has 2 unspecified atom stereocenters. The minimum atomic E-state index is -0.824. The second kappa shape index (κ2) is 10.8. The number of Topliss-reactive ketones (excluding diaryl/α,β-unsaturated/α-hetero) is 1. The molecule has 2 atom stereocenters. The van der Waals surface area contributed by atoms with Crippen molar-refractivity contribution in [2.45, 2.75) is 51.2 Å². The van der Waals surface area contributed by atoms with Gasteiger partial charge in [0, 0.05) is 18.7 Å². The third kappa shape index (κ3) is 5.14. The van der Waals surface area contributed by atoms with Gasteiger partial charge in [-0.3, -0.25) is 9.59 Å². The Balaban J connectivity index is 1.66. The molecule has 2 aromatic rings. The van der Waals surface area contributed by atoms with Crippen LogP contribution in [0.25, 0.3) is 5.76 Å². The van der Waals surface area contributed by atoms with Crippen molar-refractivity contribution in [1.29, 1.82) is 0 Å². The van der Waals surface area contributed by atoms with E-state index in [4.69, 9.17) is 9.47 Å². The van der Waals surface area contributed by atoms with Crippen LogP contribution in [0.4, 0.5) is 4.39 Å². The lowest BCUT2D eigenvalue weighted by atomic mass is 9.95. The summed E-state index contributed by atoms with van der Waals surface area (Å²) in [6.07, 6.45) is 4.67. The van der Waals surface area contributed by atoms with E-state index in [1.807, 2.05) is 0 Å². The highest BCUT2D eigenvalue weighted by Gasteiger charge is 2.47. The zero-order valence-electron chi connectivity index (χ0n) is 19.3. The smallest absolute Gasteiger partial charge is 0.295 e. The normalized spacial score (nSPS) is 21.9. The van der Waals surface area contributed by atoms with E-state index in [0.29, 0.717) is 30.1 Å². The average Bonchev–Trinajstić information content (AvgIpc) is 3.45. The lowest BCUT2D eigenvalue weighted by molar-refractivity contribution is -0.140. The Hall–Kier alpha value is -3.19. The molecule has 0 saturated carbocycles. The van der Waals surface area contributed by atoms with Gasteiger partial charge in [0.25, 0.3) is 11.7 Å². The molecule has 2 aromatic carbocycles. The van der Waals surface area contributed by atoms with Crippen LogP contribution in [-0.4, -0.2) is 47.6 Å². The molecular formula is C27H30FNO5. The molecule has 2 fully saturated rings. The van der Waals surface area contributed by atoms with Gasteiger partial charge >= 0.3 is 0 Å². The van der Waals surface area contributed by atoms with Crippen LogP contribution >= 0.6 is 0 Å².